The number of halogens is 1. The highest BCUT2D eigenvalue weighted by Crippen LogP contribution is 2.31. The predicted octanol–water partition coefficient (Wildman–Crippen LogP) is 2.57. The second-order valence-electron chi connectivity index (χ2n) is 6.11. The molecule has 1 unspecified atom stereocenters. The molecule has 3 aromatic rings. The molecule has 1 aliphatic heterocycles. The van der Waals surface area contributed by atoms with E-state index in [0.29, 0.717) is 22.9 Å². The van der Waals surface area contributed by atoms with Gasteiger partial charge in [0.25, 0.3) is 11.8 Å². The number of aromatic nitrogens is 2. The lowest BCUT2D eigenvalue weighted by atomic mass is 10.1. The summed E-state index contributed by atoms with van der Waals surface area (Å²) in [7, 11) is 0. The number of carbonyl (C=O) groups excluding carboxylic acids is 2. The van der Waals surface area contributed by atoms with Gasteiger partial charge in [0.1, 0.15) is 11.4 Å². The number of fused-ring (bicyclic) bond motifs is 1. The first-order valence-corrected chi connectivity index (χ1v) is 8.59. The molecule has 0 spiro atoms. The van der Waals surface area contributed by atoms with Gasteiger partial charge < -0.3 is 15.8 Å². The van der Waals surface area contributed by atoms with Crippen LogP contribution >= 0.6 is 11.6 Å². The van der Waals surface area contributed by atoms with Crippen LogP contribution in [0.4, 0.5) is 5.69 Å². The number of anilines is 1. The van der Waals surface area contributed by atoms with Gasteiger partial charge in [-0.1, -0.05) is 11.6 Å². The number of rotatable bonds is 4. The van der Waals surface area contributed by atoms with Gasteiger partial charge in [-0.15, -0.1) is 0 Å². The Morgan fingerprint density at radius 1 is 1.19 bits per heavy atom. The topological polar surface area (TPSA) is 99.2 Å². The molecule has 0 fully saturated rings. The summed E-state index contributed by atoms with van der Waals surface area (Å²) in [5.41, 5.74) is 7.67. The fraction of sp³-hybridized carbons (Fsp3) is 0.105. The van der Waals surface area contributed by atoms with E-state index in [0.717, 1.165) is 11.3 Å². The Balaban J connectivity index is 1.42. The number of nitrogens with two attached hydrogens (primary N) is 1. The van der Waals surface area contributed by atoms with Gasteiger partial charge in [0.05, 0.1) is 5.69 Å². The summed E-state index contributed by atoms with van der Waals surface area (Å²) in [5.74, 6) is -0.138. The molecule has 8 heteroatoms. The SMILES string of the molecule is NC(=O)c1ccn(-c2ccc(NC(=O)C3Cc4cc(Cl)ccc4O3)cc2)n1. The number of carbonyl (C=O) groups is 2. The van der Waals surface area contributed by atoms with E-state index in [1.54, 1.807) is 48.7 Å². The number of primary amides is 1. The van der Waals surface area contributed by atoms with E-state index in [2.05, 4.69) is 10.4 Å². The molecule has 136 valence electrons. The number of nitrogens with one attached hydrogen (secondary N) is 1. The molecule has 7 nitrogen and oxygen atoms in total. The van der Waals surface area contributed by atoms with Crippen LogP contribution in [0, 0.1) is 0 Å². The van der Waals surface area contributed by atoms with Crippen LogP contribution in [0.15, 0.2) is 54.7 Å². The zero-order valence-electron chi connectivity index (χ0n) is 14.1. The largest absolute Gasteiger partial charge is 0.480 e. The number of ether oxygens (including phenoxy) is 1. The van der Waals surface area contributed by atoms with Crippen molar-refractivity contribution in [2.75, 3.05) is 5.32 Å². The molecule has 27 heavy (non-hydrogen) atoms. The van der Waals surface area contributed by atoms with Crippen LogP contribution in [0.3, 0.4) is 0 Å². The van der Waals surface area contributed by atoms with Gasteiger partial charge in [-0.3, -0.25) is 9.59 Å². The Labute approximate surface area is 159 Å². The number of nitrogens with zero attached hydrogens (tertiary/aromatic N) is 2. The highest BCUT2D eigenvalue weighted by atomic mass is 35.5. The third kappa shape index (κ3) is 3.50. The summed E-state index contributed by atoms with van der Waals surface area (Å²) in [4.78, 5) is 23.6. The van der Waals surface area contributed by atoms with Crippen molar-refractivity contribution < 1.29 is 14.3 Å². The summed E-state index contributed by atoms with van der Waals surface area (Å²) in [6.45, 7) is 0. The molecule has 0 aliphatic carbocycles. The molecule has 3 N–H and O–H groups in total. The zero-order valence-corrected chi connectivity index (χ0v) is 14.8. The average Bonchev–Trinajstić information content (AvgIpc) is 3.29. The van der Waals surface area contributed by atoms with Gasteiger partial charge in [-0.05, 0) is 54.1 Å². The number of hydrogen-bond donors (Lipinski definition) is 2. The van der Waals surface area contributed by atoms with Crippen LogP contribution in [0.25, 0.3) is 5.69 Å². The summed E-state index contributed by atoms with van der Waals surface area (Å²) < 4.78 is 7.22. The van der Waals surface area contributed by atoms with Crippen LogP contribution in [0.1, 0.15) is 16.1 Å². The molecule has 1 aromatic heterocycles. The summed E-state index contributed by atoms with van der Waals surface area (Å²) in [5, 5.41) is 7.54. The van der Waals surface area contributed by atoms with Gasteiger partial charge in [0, 0.05) is 23.3 Å². The third-order valence-corrected chi connectivity index (χ3v) is 4.47. The van der Waals surface area contributed by atoms with Gasteiger partial charge in [-0.25, -0.2) is 4.68 Å². The Morgan fingerprint density at radius 2 is 1.96 bits per heavy atom. The first kappa shape index (κ1) is 17.1. The van der Waals surface area contributed by atoms with Crippen molar-refractivity contribution >= 4 is 29.1 Å². The standard InChI is InChI=1S/C19H15ClN4O3/c20-12-1-6-16-11(9-12)10-17(27-16)19(26)22-13-2-4-14(5-3-13)24-8-7-15(23-24)18(21)25/h1-9,17H,10H2,(H2,21,25)(H,22,26). The summed E-state index contributed by atoms with van der Waals surface area (Å²) in [6, 6.07) is 13.9. The van der Waals surface area contributed by atoms with Gasteiger partial charge in [0.15, 0.2) is 6.10 Å². The Morgan fingerprint density at radius 3 is 2.67 bits per heavy atom. The molecule has 2 heterocycles. The molecule has 2 amide bonds. The Kier molecular flexibility index (Phi) is 4.29. The van der Waals surface area contributed by atoms with Crippen molar-refractivity contribution in [1.82, 2.24) is 9.78 Å². The maximum atomic E-state index is 12.5. The van der Waals surface area contributed by atoms with Crippen molar-refractivity contribution in [3.63, 3.8) is 0 Å². The van der Waals surface area contributed by atoms with Crippen LogP contribution in [0.5, 0.6) is 5.75 Å². The van der Waals surface area contributed by atoms with Crippen molar-refractivity contribution in [3.8, 4) is 11.4 Å². The average molecular weight is 383 g/mol. The van der Waals surface area contributed by atoms with E-state index in [1.165, 1.54) is 4.68 Å². The molecule has 0 radical (unpaired) electrons. The Hall–Kier alpha value is -3.32. The number of hydrogen-bond acceptors (Lipinski definition) is 4. The maximum Gasteiger partial charge on any atom is 0.269 e. The minimum atomic E-state index is -0.595. The van der Waals surface area contributed by atoms with Crippen LogP contribution in [-0.4, -0.2) is 27.7 Å². The van der Waals surface area contributed by atoms with E-state index in [1.807, 2.05) is 6.07 Å². The quantitative estimate of drug-likeness (QED) is 0.724. The Bertz CT molecular complexity index is 1030. The van der Waals surface area contributed by atoms with Crippen molar-refractivity contribution in [2.45, 2.75) is 12.5 Å². The van der Waals surface area contributed by atoms with Gasteiger partial charge in [0.2, 0.25) is 0 Å². The maximum absolute atomic E-state index is 12.5. The summed E-state index contributed by atoms with van der Waals surface area (Å²) in [6.07, 6.45) is 1.52. The molecule has 1 atom stereocenters. The minimum absolute atomic E-state index is 0.186. The van der Waals surface area contributed by atoms with E-state index >= 15 is 0 Å². The molecule has 1 aliphatic rings. The molecule has 4 rings (SSSR count). The molecular formula is C19H15ClN4O3. The van der Waals surface area contributed by atoms with Crippen LogP contribution in [-0.2, 0) is 11.2 Å². The normalized spacial score (nSPS) is 15.1. The highest BCUT2D eigenvalue weighted by Gasteiger charge is 2.29. The molecule has 0 saturated heterocycles. The second kappa shape index (κ2) is 6.77. The number of benzene rings is 2. The predicted molar refractivity (Wildman–Crippen MR) is 100 cm³/mol. The van der Waals surface area contributed by atoms with E-state index in [4.69, 9.17) is 22.1 Å². The fourth-order valence-electron chi connectivity index (χ4n) is 2.88. The van der Waals surface area contributed by atoms with Gasteiger partial charge in [-0.2, -0.15) is 5.10 Å². The molecule has 0 saturated carbocycles. The lowest BCUT2D eigenvalue weighted by Gasteiger charge is -2.12. The third-order valence-electron chi connectivity index (χ3n) is 4.23. The first-order chi connectivity index (χ1) is 13.0. The molecule has 0 bridgehead atoms. The van der Waals surface area contributed by atoms with Crippen LogP contribution < -0.4 is 15.8 Å². The van der Waals surface area contributed by atoms with E-state index in [-0.39, 0.29) is 11.6 Å². The van der Waals surface area contributed by atoms with Crippen LogP contribution in [0.2, 0.25) is 5.02 Å². The molecule has 2 aromatic carbocycles. The lowest BCUT2D eigenvalue weighted by molar-refractivity contribution is -0.122. The monoisotopic (exact) mass is 382 g/mol. The highest BCUT2D eigenvalue weighted by molar-refractivity contribution is 6.30. The second-order valence-corrected chi connectivity index (χ2v) is 6.55. The van der Waals surface area contributed by atoms with E-state index < -0.39 is 12.0 Å². The van der Waals surface area contributed by atoms with Crippen molar-refractivity contribution in [1.29, 1.82) is 0 Å². The minimum Gasteiger partial charge on any atom is -0.480 e. The summed E-state index contributed by atoms with van der Waals surface area (Å²) >= 11 is 5.98. The van der Waals surface area contributed by atoms with E-state index in [9.17, 15) is 9.59 Å². The lowest BCUT2D eigenvalue weighted by Crippen LogP contribution is -2.31. The van der Waals surface area contributed by atoms with Crippen molar-refractivity contribution in [3.05, 3.63) is 71.0 Å². The number of amides is 2. The molecular weight excluding hydrogens is 368 g/mol. The van der Waals surface area contributed by atoms with Crippen molar-refractivity contribution in [2.24, 2.45) is 5.73 Å². The smallest absolute Gasteiger partial charge is 0.269 e. The first-order valence-electron chi connectivity index (χ1n) is 8.21. The zero-order chi connectivity index (χ0) is 19.0. The fourth-order valence-corrected chi connectivity index (χ4v) is 3.08. The van der Waals surface area contributed by atoms with Gasteiger partial charge >= 0.3 is 0 Å².